The molecule has 0 aliphatic carbocycles. The molecule has 2 amide bonds. The molecule has 0 bridgehead atoms. The number of para-hydroxylation sites is 1. The van der Waals surface area contributed by atoms with Crippen LogP contribution in [0.3, 0.4) is 0 Å². The van der Waals surface area contributed by atoms with Crippen LogP contribution in [0.4, 0.5) is 10.1 Å². The number of benzene rings is 2. The van der Waals surface area contributed by atoms with Gasteiger partial charge in [0, 0.05) is 37.0 Å². The van der Waals surface area contributed by atoms with Crippen molar-refractivity contribution >= 4 is 29.1 Å². The molecule has 0 aromatic heterocycles. The third-order valence-corrected chi connectivity index (χ3v) is 4.76. The van der Waals surface area contributed by atoms with E-state index in [0.29, 0.717) is 25.2 Å². The van der Waals surface area contributed by atoms with E-state index in [1.807, 2.05) is 24.3 Å². The van der Waals surface area contributed by atoms with Crippen LogP contribution in [0.15, 0.2) is 54.7 Å². The highest BCUT2D eigenvalue weighted by Gasteiger charge is 2.27. The lowest BCUT2D eigenvalue weighted by Gasteiger charge is -2.13. The minimum absolute atomic E-state index is 0.0194. The summed E-state index contributed by atoms with van der Waals surface area (Å²) in [6.45, 7) is 4.39. The average Bonchev–Trinajstić information content (AvgIpc) is 3.13. The van der Waals surface area contributed by atoms with Crippen LogP contribution >= 0.6 is 11.6 Å². The number of hydrogen-bond acceptors (Lipinski definition) is 4. The summed E-state index contributed by atoms with van der Waals surface area (Å²) in [7, 11) is 0. The zero-order valence-electron chi connectivity index (χ0n) is 15.6. The predicted molar refractivity (Wildman–Crippen MR) is 109 cm³/mol. The molecule has 0 spiro atoms. The van der Waals surface area contributed by atoms with E-state index in [9.17, 15) is 14.0 Å². The Morgan fingerprint density at radius 2 is 2.07 bits per heavy atom. The first-order valence-electron chi connectivity index (χ1n) is 9.10. The number of amides is 2. The molecule has 0 saturated carbocycles. The van der Waals surface area contributed by atoms with E-state index >= 15 is 0 Å². The van der Waals surface area contributed by atoms with Crippen LogP contribution in [0.2, 0.25) is 5.02 Å². The quantitative estimate of drug-likeness (QED) is 0.616. The summed E-state index contributed by atoms with van der Waals surface area (Å²) in [4.78, 5) is 24.3. The van der Waals surface area contributed by atoms with Crippen LogP contribution in [-0.2, 0) is 9.59 Å². The second-order valence-electron chi connectivity index (χ2n) is 6.58. The minimum Gasteiger partial charge on any atom is -0.484 e. The fourth-order valence-corrected chi connectivity index (χ4v) is 3.11. The van der Waals surface area contributed by atoms with E-state index in [4.69, 9.17) is 16.3 Å². The van der Waals surface area contributed by atoms with Crippen LogP contribution < -0.4 is 20.7 Å². The Morgan fingerprint density at radius 1 is 1.28 bits per heavy atom. The standard InChI is InChI=1S/C21H21ClFN3O3/c1-13(26-20(27)12-29-14-6-7-17(22)18(23)10-14)8-9-24-21(28)16-11-25-19-5-3-2-4-15(16)19/h2-7,10,16,25H,1,8-9,11-12H2,(H,24,28)(H,26,27). The lowest BCUT2D eigenvalue weighted by Crippen LogP contribution is -2.33. The maximum atomic E-state index is 13.3. The van der Waals surface area contributed by atoms with Crippen molar-refractivity contribution in [2.24, 2.45) is 0 Å². The number of fused-ring (bicyclic) bond motifs is 1. The number of rotatable bonds is 8. The molecule has 29 heavy (non-hydrogen) atoms. The third-order valence-electron chi connectivity index (χ3n) is 4.45. The van der Waals surface area contributed by atoms with Gasteiger partial charge in [-0.3, -0.25) is 9.59 Å². The zero-order chi connectivity index (χ0) is 20.8. The Balaban J connectivity index is 1.37. The number of carbonyl (C=O) groups excluding carboxylic acids is 2. The van der Waals surface area contributed by atoms with Gasteiger partial charge in [0.15, 0.2) is 6.61 Å². The normalized spacial score (nSPS) is 14.5. The van der Waals surface area contributed by atoms with Gasteiger partial charge in [-0.1, -0.05) is 36.4 Å². The molecule has 1 unspecified atom stereocenters. The Bertz CT molecular complexity index is 935. The molecule has 0 saturated heterocycles. The minimum atomic E-state index is -0.621. The fraction of sp³-hybridized carbons (Fsp3) is 0.238. The van der Waals surface area contributed by atoms with E-state index < -0.39 is 11.7 Å². The molecule has 1 aliphatic rings. The van der Waals surface area contributed by atoms with Gasteiger partial charge in [0.2, 0.25) is 5.91 Å². The van der Waals surface area contributed by atoms with Crippen molar-refractivity contribution in [3.05, 3.63) is 71.1 Å². The second-order valence-corrected chi connectivity index (χ2v) is 6.99. The Kier molecular flexibility index (Phi) is 6.72. The maximum absolute atomic E-state index is 13.3. The molecule has 152 valence electrons. The molecule has 1 heterocycles. The average molecular weight is 418 g/mol. The van der Waals surface area contributed by atoms with Crippen molar-refractivity contribution < 1.29 is 18.7 Å². The van der Waals surface area contributed by atoms with Gasteiger partial charge in [0.1, 0.15) is 11.6 Å². The van der Waals surface area contributed by atoms with Crippen molar-refractivity contribution in [1.82, 2.24) is 10.6 Å². The van der Waals surface area contributed by atoms with E-state index in [2.05, 4.69) is 22.5 Å². The lowest BCUT2D eigenvalue weighted by atomic mass is 10.0. The van der Waals surface area contributed by atoms with Gasteiger partial charge in [-0.15, -0.1) is 0 Å². The van der Waals surface area contributed by atoms with Crippen molar-refractivity contribution in [3.63, 3.8) is 0 Å². The predicted octanol–water partition coefficient (Wildman–Crippen LogP) is 3.20. The molecule has 2 aromatic carbocycles. The van der Waals surface area contributed by atoms with Crippen molar-refractivity contribution in [1.29, 1.82) is 0 Å². The first-order valence-corrected chi connectivity index (χ1v) is 9.48. The molecule has 0 radical (unpaired) electrons. The van der Waals surface area contributed by atoms with Crippen LogP contribution in [0.5, 0.6) is 5.75 Å². The second kappa shape index (κ2) is 9.43. The summed E-state index contributed by atoms with van der Waals surface area (Å²) in [6, 6.07) is 11.6. The molecular formula is C21H21ClFN3O3. The fourth-order valence-electron chi connectivity index (χ4n) is 2.99. The first-order chi connectivity index (χ1) is 13.9. The largest absolute Gasteiger partial charge is 0.484 e. The highest BCUT2D eigenvalue weighted by atomic mass is 35.5. The van der Waals surface area contributed by atoms with Crippen molar-refractivity contribution in [2.45, 2.75) is 12.3 Å². The Morgan fingerprint density at radius 3 is 2.86 bits per heavy atom. The maximum Gasteiger partial charge on any atom is 0.262 e. The SMILES string of the molecule is C=C(CCNC(=O)C1CNc2ccccc21)NC(=O)COc1ccc(Cl)c(F)c1. The van der Waals surface area contributed by atoms with Crippen LogP contribution in [0.25, 0.3) is 0 Å². The van der Waals surface area contributed by atoms with Gasteiger partial charge in [0.05, 0.1) is 10.9 Å². The van der Waals surface area contributed by atoms with Gasteiger partial charge >= 0.3 is 0 Å². The molecular weight excluding hydrogens is 397 g/mol. The van der Waals surface area contributed by atoms with Crippen molar-refractivity contribution in [3.8, 4) is 5.75 Å². The van der Waals surface area contributed by atoms with E-state index in [1.165, 1.54) is 12.1 Å². The number of carbonyl (C=O) groups is 2. The number of ether oxygens (including phenoxy) is 1. The Labute approximate surface area is 173 Å². The molecule has 2 aromatic rings. The summed E-state index contributed by atoms with van der Waals surface area (Å²) < 4.78 is 18.6. The van der Waals surface area contributed by atoms with Crippen LogP contribution in [0, 0.1) is 5.82 Å². The zero-order valence-corrected chi connectivity index (χ0v) is 16.4. The molecule has 6 nitrogen and oxygen atoms in total. The monoisotopic (exact) mass is 417 g/mol. The first kappa shape index (κ1) is 20.7. The van der Waals surface area contributed by atoms with Crippen molar-refractivity contribution in [2.75, 3.05) is 25.0 Å². The number of anilines is 1. The van der Waals surface area contributed by atoms with Gasteiger partial charge in [-0.2, -0.15) is 0 Å². The van der Waals surface area contributed by atoms with E-state index in [-0.39, 0.29) is 29.2 Å². The number of halogens is 2. The molecule has 1 atom stereocenters. The molecule has 3 N–H and O–H groups in total. The smallest absolute Gasteiger partial charge is 0.262 e. The van der Waals surface area contributed by atoms with E-state index in [1.54, 1.807) is 0 Å². The summed E-state index contributed by atoms with van der Waals surface area (Å²) in [5.74, 6) is -1.15. The Hall–Kier alpha value is -3.06. The highest BCUT2D eigenvalue weighted by Crippen LogP contribution is 2.30. The highest BCUT2D eigenvalue weighted by molar-refractivity contribution is 6.30. The molecule has 8 heteroatoms. The summed E-state index contributed by atoms with van der Waals surface area (Å²) in [6.07, 6.45) is 0.384. The van der Waals surface area contributed by atoms with Gasteiger partial charge in [0.25, 0.3) is 5.91 Å². The van der Waals surface area contributed by atoms with Crippen LogP contribution in [0.1, 0.15) is 17.9 Å². The molecule has 3 rings (SSSR count). The topological polar surface area (TPSA) is 79.5 Å². The van der Waals surface area contributed by atoms with Gasteiger partial charge in [-0.25, -0.2) is 4.39 Å². The summed E-state index contributed by atoms with van der Waals surface area (Å²) >= 11 is 5.59. The van der Waals surface area contributed by atoms with Crippen LogP contribution in [-0.4, -0.2) is 31.5 Å². The molecule has 1 aliphatic heterocycles. The van der Waals surface area contributed by atoms with Gasteiger partial charge < -0.3 is 20.7 Å². The lowest BCUT2D eigenvalue weighted by molar-refractivity contribution is -0.122. The van der Waals surface area contributed by atoms with Gasteiger partial charge in [-0.05, 0) is 23.8 Å². The third kappa shape index (κ3) is 5.48. The molecule has 0 fully saturated rings. The summed E-state index contributed by atoms with van der Waals surface area (Å²) in [5, 5.41) is 8.65. The number of nitrogens with one attached hydrogen (secondary N) is 3. The summed E-state index contributed by atoms with van der Waals surface area (Å²) in [5.41, 5.74) is 2.41. The number of hydrogen-bond donors (Lipinski definition) is 3. The van der Waals surface area contributed by atoms with E-state index in [0.717, 1.165) is 17.3 Å².